The zero-order valence-electron chi connectivity index (χ0n) is 16.3. The van der Waals surface area contributed by atoms with Crippen molar-refractivity contribution in [1.29, 1.82) is 0 Å². The van der Waals surface area contributed by atoms with Crippen molar-refractivity contribution in [3.05, 3.63) is 58.8 Å². The van der Waals surface area contributed by atoms with Gasteiger partial charge in [-0.25, -0.2) is 14.3 Å². The fourth-order valence-electron chi connectivity index (χ4n) is 3.11. The van der Waals surface area contributed by atoms with Gasteiger partial charge in [0, 0.05) is 40.9 Å². The zero-order chi connectivity index (χ0) is 21.6. The Morgan fingerprint density at radius 2 is 1.93 bits per heavy atom. The SMILES string of the molecule is CC(C)(C)OC(=O)n1c2ccncc2c2ccc(-c3cc(F)nc([N+](=O)[O-])c3)nc21. The topological polar surface area (TPSA) is 113 Å². The van der Waals surface area contributed by atoms with Gasteiger partial charge in [0.05, 0.1) is 11.2 Å². The van der Waals surface area contributed by atoms with Crippen molar-refractivity contribution in [3.63, 3.8) is 0 Å². The summed E-state index contributed by atoms with van der Waals surface area (Å²) in [6.45, 7) is 5.24. The minimum Gasteiger partial charge on any atom is -0.443 e. The molecule has 0 N–H and O–H groups in total. The van der Waals surface area contributed by atoms with E-state index >= 15 is 0 Å². The molecule has 10 heteroatoms. The van der Waals surface area contributed by atoms with Crippen LogP contribution in [0.15, 0.2) is 42.7 Å². The first-order valence-corrected chi connectivity index (χ1v) is 8.95. The highest BCUT2D eigenvalue weighted by Crippen LogP contribution is 2.31. The molecule has 0 saturated heterocycles. The van der Waals surface area contributed by atoms with Crippen LogP contribution in [0.25, 0.3) is 33.2 Å². The third-order valence-electron chi connectivity index (χ3n) is 4.26. The third-order valence-corrected chi connectivity index (χ3v) is 4.26. The van der Waals surface area contributed by atoms with E-state index < -0.39 is 28.4 Å². The van der Waals surface area contributed by atoms with E-state index in [-0.39, 0.29) is 16.9 Å². The minimum atomic E-state index is -1.00. The predicted octanol–water partition coefficient (Wildman–Crippen LogP) is 4.48. The molecular formula is C20H16FN5O4. The molecule has 0 saturated carbocycles. The van der Waals surface area contributed by atoms with Crippen LogP contribution >= 0.6 is 0 Å². The number of pyridine rings is 3. The van der Waals surface area contributed by atoms with E-state index in [0.717, 1.165) is 12.1 Å². The van der Waals surface area contributed by atoms with Crippen LogP contribution in [0.2, 0.25) is 0 Å². The number of nitro groups is 1. The summed E-state index contributed by atoms with van der Waals surface area (Å²) in [5.41, 5.74) is 0.484. The normalized spacial score (nSPS) is 11.7. The maximum atomic E-state index is 13.8. The Morgan fingerprint density at radius 3 is 2.63 bits per heavy atom. The smallest absolute Gasteiger partial charge is 0.420 e. The second kappa shape index (κ2) is 6.83. The molecule has 0 aliphatic heterocycles. The number of carbonyl (C=O) groups is 1. The lowest BCUT2D eigenvalue weighted by Gasteiger charge is -2.20. The largest absolute Gasteiger partial charge is 0.443 e. The van der Waals surface area contributed by atoms with Crippen LogP contribution in [0.4, 0.5) is 15.0 Å². The van der Waals surface area contributed by atoms with Crippen molar-refractivity contribution in [2.45, 2.75) is 26.4 Å². The Morgan fingerprint density at radius 1 is 1.17 bits per heavy atom. The lowest BCUT2D eigenvalue weighted by Crippen LogP contribution is -2.27. The summed E-state index contributed by atoms with van der Waals surface area (Å²) in [6, 6.07) is 7.12. The molecule has 4 heterocycles. The molecule has 0 amide bonds. The number of ether oxygens (including phenoxy) is 1. The van der Waals surface area contributed by atoms with Gasteiger partial charge in [0.2, 0.25) is 0 Å². The van der Waals surface area contributed by atoms with E-state index in [1.165, 1.54) is 4.57 Å². The van der Waals surface area contributed by atoms with Crippen LogP contribution in [0.3, 0.4) is 0 Å². The van der Waals surface area contributed by atoms with Gasteiger partial charge in [-0.3, -0.25) is 4.98 Å². The Labute approximate surface area is 169 Å². The first-order chi connectivity index (χ1) is 14.1. The van der Waals surface area contributed by atoms with E-state index in [4.69, 9.17) is 4.74 Å². The lowest BCUT2D eigenvalue weighted by molar-refractivity contribution is -0.389. The summed E-state index contributed by atoms with van der Waals surface area (Å²) in [4.78, 5) is 35.0. The molecule has 4 rings (SSSR count). The first kappa shape index (κ1) is 19.4. The number of halogens is 1. The molecule has 0 aromatic carbocycles. The molecular weight excluding hydrogens is 393 g/mol. The van der Waals surface area contributed by atoms with E-state index in [0.29, 0.717) is 16.3 Å². The Hall–Kier alpha value is -3.95. The average Bonchev–Trinajstić information content (AvgIpc) is 3.00. The average molecular weight is 409 g/mol. The highest BCUT2D eigenvalue weighted by atomic mass is 19.1. The van der Waals surface area contributed by atoms with Crippen LogP contribution in [-0.4, -0.2) is 36.1 Å². The van der Waals surface area contributed by atoms with Crippen LogP contribution in [0.5, 0.6) is 0 Å². The van der Waals surface area contributed by atoms with Crippen molar-refractivity contribution in [3.8, 4) is 11.3 Å². The molecule has 0 aliphatic rings. The van der Waals surface area contributed by atoms with Crippen molar-refractivity contribution >= 4 is 33.8 Å². The van der Waals surface area contributed by atoms with Gasteiger partial charge in [-0.2, -0.15) is 4.39 Å². The van der Waals surface area contributed by atoms with Crippen LogP contribution in [0.1, 0.15) is 20.8 Å². The number of rotatable bonds is 2. The summed E-state index contributed by atoms with van der Waals surface area (Å²) in [5, 5.41) is 12.3. The van der Waals surface area contributed by atoms with Crippen molar-refractivity contribution in [1.82, 2.24) is 19.5 Å². The van der Waals surface area contributed by atoms with Gasteiger partial charge in [0.15, 0.2) is 5.65 Å². The molecule has 4 aromatic heterocycles. The van der Waals surface area contributed by atoms with Gasteiger partial charge in [0.1, 0.15) is 5.60 Å². The number of fused-ring (bicyclic) bond motifs is 3. The summed E-state index contributed by atoms with van der Waals surface area (Å²) >= 11 is 0. The van der Waals surface area contributed by atoms with E-state index in [2.05, 4.69) is 15.0 Å². The summed E-state index contributed by atoms with van der Waals surface area (Å²) in [6.07, 6.45) is 2.52. The summed E-state index contributed by atoms with van der Waals surface area (Å²) in [5.74, 6) is -1.64. The second-order valence-electron chi connectivity index (χ2n) is 7.57. The molecule has 30 heavy (non-hydrogen) atoms. The highest BCUT2D eigenvalue weighted by Gasteiger charge is 2.24. The molecule has 152 valence electrons. The third kappa shape index (κ3) is 3.43. The molecule has 0 atom stereocenters. The molecule has 0 spiro atoms. The van der Waals surface area contributed by atoms with Crippen molar-refractivity contribution in [2.24, 2.45) is 0 Å². The van der Waals surface area contributed by atoms with Gasteiger partial charge >= 0.3 is 17.9 Å². The van der Waals surface area contributed by atoms with Crippen molar-refractivity contribution in [2.75, 3.05) is 0 Å². The number of carbonyl (C=O) groups excluding carboxylic acids is 1. The monoisotopic (exact) mass is 409 g/mol. The second-order valence-corrected chi connectivity index (χ2v) is 7.57. The Kier molecular flexibility index (Phi) is 4.41. The van der Waals surface area contributed by atoms with Crippen LogP contribution in [0, 0.1) is 16.1 Å². The molecule has 0 fully saturated rings. The molecule has 0 aliphatic carbocycles. The fourth-order valence-corrected chi connectivity index (χ4v) is 3.11. The Balaban J connectivity index is 1.97. The highest BCUT2D eigenvalue weighted by molar-refractivity contribution is 6.11. The predicted molar refractivity (Wildman–Crippen MR) is 107 cm³/mol. The van der Waals surface area contributed by atoms with Crippen LogP contribution < -0.4 is 0 Å². The van der Waals surface area contributed by atoms with Gasteiger partial charge in [0.25, 0.3) is 0 Å². The quantitative estimate of drug-likeness (QED) is 0.272. The fraction of sp³-hybridized carbons (Fsp3) is 0.200. The van der Waals surface area contributed by atoms with Gasteiger partial charge in [-0.15, -0.1) is 0 Å². The maximum absolute atomic E-state index is 13.8. The number of hydrogen-bond donors (Lipinski definition) is 0. The molecule has 0 unspecified atom stereocenters. The van der Waals surface area contributed by atoms with E-state index in [9.17, 15) is 19.3 Å². The molecule has 4 aromatic rings. The first-order valence-electron chi connectivity index (χ1n) is 8.95. The molecule has 9 nitrogen and oxygen atoms in total. The van der Waals surface area contributed by atoms with E-state index in [1.54, 1.807) is 51.4 Å². The number of aromatic nitrogens is 4. The zero-order valence-corrected chi connectivity index (χ0v) is 16.3. The van der Waals surface area contributed by atoms with Crippen molar-refractivity contribution < 1.29 is 18.8 Å². The molecule has 0 radical (unpaired) electrons. The maximum Gasteiger partial charge on any atom is 0.420 e. The summed E-state index contributed by atoms with van der Waals surface area (Å²) < 4.78 is 20.6. The van der Waals surface area contributed by atoms with Gasteiger partial charge in [-0.1, -0.05) is 0 Å². The summed E-state index contributed by atoms with van der Waals surface area (Å²) in [7, 11) is 0. The standard InChI is InChI=1S/C20H16FN5O4/c1-20(2,3)30-19(27)25-15-6-7-22-10-13(15)12-4-5-14(23-18(12)25)11-8-16(21)24-17(9-11)26(28)29/h4-10H,1-3H3. The van der Waals surface area contributed by atoms with Gasteiger partial charge in [-0.05, 0) is 48.9 Å². The minimum absolute atomic E-state index is 0.162. The molecule has 0 bridgehead atoms. The lowest BCUT2D eigenvalue weighted by atomic mass is 10.1. The Bertz CT molecular complexity index is 1330. The number of nitrogens with zero attached hydrogens (tertiary/aromatic N) is 5. The van der Waals surface area contributed by atoms with Gasteiger partial charge < -0.3 is 14.9 Å². The number of hydrogen-bond acceptors (Lipinski definition) is 7. The van der Waals surface area contributed by atoms with Crippen LogP contribution in [-0.2, 0) is 4.74 Å². The van der Waals surface area contributed by atoms with E-state index in [1.807, 2.05) is 0 Å².